The van der Waals surface area contributed by atoms with Gasteiger partial charge in [0.15, 0.2) is 17.5 Å². The molecular formula is C18H27IN4O4S2. The smallest absolute Gasteiger partial charge is 0.252 e. The van der Waals surface area contributed by atoms with Crippen molar-refractivity contribution in [1.82, 2.24) is 9.62 Å². The quantitative estimate of drug-likeness (QED) is 0.281. The number of methoxy groups -OCH3 is 2. The molecule has 0 aliphatic rings. The normalized spacial score (nSPS) is 11.7. The summed E-state index contributed by atoms with van der Waals surface area (Å²) >= 11 is 1.20. The Morgan fingerprint density at radius 2 is 1.93 bits per heavy atom. The van der Waals surface area contributed by atoms with Gasteiger partial charge in [-0.15, -0.1) is 35.3 Å². The first-order valence-electron chi connectivity index (χ1n) is 8.69. The molecule has 0 aliphatic heterocycles. The lowest BCUT2D eigenvalue weighted by atomic mass is 10.3. The fraction of sp³-hybridized carbons (Fsp3) is 0.389. The van der Waals surface area contributed by atoms with E-state index in [1.165, 1.54) is 15.6 Å². The highest BCUT2D eigenvalue weighted by molar-refractivity contribution is 14.0. The van der Waals surface area contributed by atoms with Gasteiger partial charge in [0.1, 0.15) is 4.21 Å². The van der Waals surface area contributed by atoms with Crippen molar-refractivity contribution in [1.29, 1.82) is 0 Å². The van der Waals surface area contributed by atoms with Crippen molar-refractivity contribution in [3.8, 4) is 11.5 Å². The molecule has 0 saturated heterocycles. The molecule has 0 bridgehead atoms. The summed E-state index contributed by atoms with van der Waals surface area (Å²) in [5.41, 5.74) is 0.775. The number of nitrogens with zero attached hydrogens (tertiary/aromatic N) is 2. The van der Waals surface area contributed by atoms with Crippen LogP contribution < -0.4 is 20.1 Å². The number of anilines is 1. The van der Waals surface area contributed by atoms with Crippen molar-refractivity contribution in [3.63, 3.8) is 0 Å². The van der Waals surface area contributed by atoms with Crippen LogP contribution in [0.1, 0.15) is 6.92 Å². The van der Waals surface area contributed by atoms with Crippen molar-refractivity contribution >= 4 is 57.0 Å². The molecule has 2 rings (SSSR count). The van der Waals surface area contributed by atoms with Gasteiger partial charge >= 0.3 is 0 Å². The van der Waals surface area contributed by atoms with Gasteiger partial charge in [-0.05, 0) is 30.5 Å². The number of benzene rings is 1. The molecule has 1 aromatic carbocycles. The molecule has 0 fully saturated rings. The Bertz CT molecular complexity index is 889. The van der Waals surface area contributed by atoms with E-state index in [0.717, 1.165) is 5.69 Å². The van der Waals surface area contributed by atoms with Crippen LogP contribution in [-0.4, -0.2) is 59.6 Å². The number of guanidine groups is 1. The van der Waals surface area contributed by atoms with E-state index in [1.807, 2.05) is 13.0 Å². The van der Waals surface area contributed by atoms with E-state index >= 15 is 0 Å². The van der Waals surface area contributed by atoms with Crippen LogP contribution in [0.25, 0.3) is 0 Å². The van der Waals surface area contributed by atoms with Gasteiger partial charge in [-0.2, -0.15) is 4.31 Å². The Balaban J connectivity index is 0.00000420. The van der Waals surface area contributed by atoms with Gasteiger partial charge in [-0.3, -0.25) is 4.99 Å². The van der Waals surface area contributed by atoms with Crippen molar-refractivity contribution in [2.75, 3.05) is 46.2 Å². The second-order valence-corrected chi connectivity index (χ2v) is 8.93. The predicted molar refractivity (Wildman–Crippen MR) is 129 cm³/mol. The molecule has 162 valence electrons. The minimum absolute atomic E-state index is 0. The number of thiophene rings is 1. The van der Waals surface area contributed by atoms with Gasteiger partial charge in [-0.25, -0.2) is 8.42 Å². The summed E-state index contributed by atoms with van der Waals surface area (Å²) in [7, 11) is 1.24. The summed E-state index contributed by atoms with van der Waals surface area (Å²) in [6.45, 7) is 3.20. The van der Waals surface area contributed by atoms with Crippen molar-refractivity contribution in [3.05, 3.63) is 35.7 Å². The molecule has 29 heavy (non-hydrogen) atoms. The van der Waals surface area contributed by atoms with Crippen LogP contribution in [0.2, 0.25) is 0 Å². The van der Waals surface area contributed by atoms with Gasteiger partial charge in [-0.1, -0.05) is 6.07 Å². The molecule has 11 heteroatoms. The first-order valence-corrected chi connectivity index (χ1v) is 11.0. The molecule has 0 atom stereocenters. The molecule has 0 spiro atoms. The average molecular weight is 554 g/mol. The maximum atomic E-state index is 12.4. The summed E-state index contributed by atoms with van der Waals surface area (Å²) in [5, 5.41) is 8.07. The first kappa shape index (κ1) is 25.5. The number of rotatable bonds is 9. The SMILES string of the molecule is CCNC(=NCCN(C)S(=O)(=O)c1cccs1)Nc1ccc(OC)c(OC)c1.I. The third-order valence-electron chi connectivity index (χ3n) is 3.83. The maximum Gasteiger partial charge on any atom is 0.252 e. The Hall–Kier alpha value is -1.57. The maximum absolute atomic E-state index is 12.4. The lowest BCUT2D eigenvalue weighted by Crippen LogP contribution is -2.33. The van der Waals surface area contributed by atoms with Crippen LogP contribution in [-0.2, 0) is 10.0 Å². The molecule has 2 aromatic rings. The van der Waals surface area contributed by atoms with E-state index in [9.17, 15) is 8.42 Å². The molecule has 1 aromatic heterocycles. The summed E-state index contributed by atoms with van der Waals surface area (Å²) in [4.78, 5) is 4.46. The largest absolute Gasteiger partial charge is 0.493 e. The van der Waals surface area contributed by atoms with Gasteiger partial charge in [0, 0.05) is 31.9 Å². The van der Waals surface area contributed by atoms with Crippen molar-refractivity contribution < 1.29 is 17.9 Å². The number of sulfonamides is 1. The monoisotopic (exact) mass is 554 g/mol. The zero-order valence-corrected chi connectivity index (χ0v) is 20.8. The standard InChI is InChI=1S/C18H26N4O4S2.HI/c1-5-19-18(21-14-8-9-15(25-3)16(13-14)26-4)20-10-11-22(2)28(23,24)17-7-6-12-27-17;/h6-9,12-13H,5,10-11H2,1-4H3,(H2,19,20,21);1H. The number of hydrogen-bond donors (Lipinski definition) is 2. The zero-order valence-electron chi connectivity index (χ0n) is 16.8. The second kappa shape index (κ2) is 12.2. The molecule has 8 nitrogen and oxygen atoms in total. The summed E-state index contributed by atoms with van der Waals surface area (Å²) in [6.07, 6.45) is 0. The lowest BCUT2D eigenvalue weighted by molar-refractivity contribution is 0.355. The van der Waals surface area contributed by atoms with Gasteiger partial charge in [0.2, 0.25) is 0 Å². The third-order valence-corrected chi connectivity index (χ3v) is 7.06. The first-order chi connectivity index (χ1) is 13.4. The Labute approximate surface area is 193 Å². The van der Waals surface area contributed by atoms with Crippen LogP contribution in [0.4, 0.5) is 5.69 Å². The lowest BCUT2D eigenvalue weighted by Gasteiger charge is -2.16. The van der Waals surface area contributed by atoms with Crippen LogP contribution in [0.5, 0.6) is 11.5 Å². The topological polar surface area (TPSA) is 92.3 Å². The second-order valence-electron chi connectivity index (χ2n) is 5.71. The van der Waals surface area contributed by atoms with E-state index in [2.05, 4.69) is 15.6 Å². The van der Waals surface area contributed by atoms with Gasteiger partial charge in [0.05, 0.1) is 20.8 Å². The highest BCUT2D eigenvalue weighted by Crippen LogP contribution is 2.29. The predicted octanol–water partition coefficient (Wildman–Crippen LogP) is 3.08. The third kappa shape index (κ3) is 7.01. The molecule has 0 saturated carbocycles. The fourth-order valence-corrected chi connectivity index (χ4v) is 4.71. The van der Waals surface area contributed by atoms with Crippen LogP contribution in [0.3, 0.4) is 0 Å². The van der Waals surface area contributed by atoms with Gasteiger partial charge in [0.25, 0.3) is 10.0 Å². The number of ether oxygens (including phenoxy) is 2. The molecule has 0 unspecified atom stereocenters. The molecule has 0 amide bonds. The summed E-state index contributed by atoms with van der Waals surface area (Å²) < 4.78 is 37.1. The highest BCUT2D eigenvalue weighted by Gasteiger charge is 2.21. The molecular weight excluding hydrogens is 527 g/mol. The Morgan fingerprint density at radius 1 is 1.21 bits per heavy atom. The highest BCUT2D eigenvalue weighted by atomic mass is 127. The molecule has 1 heterocycles. The minimum Gasteiger partial charge on any atom is -0.493 e. The number of aliphatic imine (C=N–C) groups is 1. The van der Waals surface area contributed by atoms with E-state index in [0.29, 0.717) is 34.8 Å². The average Bonchev–Trinajstić information content (AvgIpc) is 3.23. The van der Waals surface area contributed by atoms with Crippen LogP contribution in [0, 0.1) is 0 Å². The van der Waals surface area contributed by atoms with Crippen LogP contribution in [0.15, 0.2) is 44.9 Å². The van der Waals surface area contributed by atoms with E-state index in [-0.39, 0.29) is 30.5 Å². The number of likely N-dealkylation sites (N-methyl/N-ethyl adjacent to an activating group) is 1. The van der Waals surface area contributed by atoms with E-state index in [4.69, 9.17) is 9.47 Å². The number of hydrogen-bond acceptors (Lipinski definition) is 6. The summed E-state index contributed by atoms with van der Waals surface area (Å²) in [6, 6.07) is 8.77. The van der Waals surface area contributed by atoms with Gasteiger partial charge < -0.3 is 20.1 Å². The van der Waals surface area contributed by atoms with Crippen molar-refractivity contribution in [2.45, 2.75) is 11.1 Å². The number of nitrogens with one attached hydrogen (secondary N) is 2. The van der Waals surface area contributed by atoms with E-state index < -0.39 is 10.0 Å². The van der Waals surface area contributed by atoms with Crippen LogP contribution >= 0.6 is 35.3 Å². The number of halogens is 1. The molecule has 0 radical (unpaired) electrons. The molecule has 2 N–H and O–H groups in total. The zero-order chi connectivity index (χ0) is 20.6. The molecule has 0 aliphatic carbocycles. The van der Waals surface area contributed by atoms with E-state index in [1.54, 1.807) is 50.9 Å². The Kier molecular flexibility index (Phi) is 10.7. The van der Waals surface area contributed by atoms with Crippen molar-refractivity contribution in [2.24, 2.45) is 4.99 Å². The fourth-order valence-electron chi connectivity index (χ4n) is 2.34. The summed E-state index contributed by atoms with van der Waals surface area (Å²) in [5.74, 6) is 1.79. The Morgan fingerprint density at radius 3 is 2.52 bits per heavy atom. The minimum atomic E-state index is -3.47.